The Morgan fingerprint density at radius 3 is 2.69 bits per heavy atom. The molecule has 1 N–H and O–H groups in total. The van der Waals surface area contributed by atoms with E-state index in [4.69, 9.17) is 0 Å². The lowest BCUT2D eigenvalue weighted by Crippen LogP contribution is -1.87. The summed E-state index contributed by atoms with van der Waals surface area (Å²) in [5.41, 5.74) is 0. The molecule has 0 aliphatic carbocycles. The van der Waals surface area contributed by atoms with Crippen LogP contribution in [0.5, 0.6) is 5.88 Å². The quantitative estimate of drug-likeness (QED) is 0.755. The largest absolute Gasteiger partial charge is 0.492 e. The number of rotatable bonds is 1. The summed E-state index contributed by atoms with van der Waals surface area (Å²) < 4.78 is 1.82. The zero-order chi connectivity index (χ0) is 9.42. The van der Waals surface area contributed by atoms with E-state index in [0.29, 0.717) is 0 Å². The molecule has 0 aliphatic heterocycles. The fourth-order valence-electron chi connectivity index (χ4n) is 1.23. The Bertz CT molecular complexity index is 431. The lowest BCUT2D eigenvalue weighted by Gasteiger charge is -1.95. The van der Waals surface area contributed by atoms with Crippen LogP contribution in [-0.4, -0.2) is 14.7 Å². The van der Waals surface area contributed by atoms with E-state index in [1.54, 1.807) is 17.5 Å². The Balaban J connectivity index is 2.51. The molecule has 0 fully saturated rings. The first-order valence-corrected chi connectivity index (χ1v) is 4.77. The van der Waals surface area contributed by atoms with E-state index in [0.717, 1.165) is 10.7 Å². The molecule has 0 bridgehead atoms. The summed E-state index contributed by atoms with van der Waals surface area (Å²) in [4.78, 5) is 6.35. The monoisotopic (exact) mass is 194 g/mol. The van der Waals surface area contributed by atoms with Crippen LogP contribution >= 0.6 is 11.3 Å². The van der Waals surface area contributed by atoms with Crippen LogP contribution < -0.4 is 0 Å². The minimum atomic E-state index is 0.0727. The van der Waals surface area contributed by atoms with Crippen molar-refractivity contribution >= 4 is 11.3 Å². The minimum absolute atomic E-state index is 0.0727. The van der Waals surface area contributed by atoms with E-state index in [1.165, 1.54) is 4.88 Å². The molecule has 0 aromatic carbocycles. The van der Waals surface area contributed by atoms with E-state index in [9.17, 15) is 5.11 Å². The molecule has 0 amide bonds. The van der Waals surface area contributed by atoms with Gasteiger partial charge in [-0.15, -0.1) is 11.3 Å². The van der Waals surface area contributed by atoms with E-state index in [-0.39, 0.29) is 5.88 Å². The first-order valence-electron chi connectivity index (χ1n) is 3.96. The molecule has 2 aromatic rings. The van der Waals surface area contributed by atoms with Crippen molar-refractivity contribution in [1.29, 1.82) is 0 Å². The highest BCUT2D eigenvalue weighted by Gasteiger charge is 2.08. The van der Waals surface area contributed by atoms with Crippen LogP contribution in [0.3, 0.4) is 0 Å². The van der Waals surface area contributed by atoms with E-state index in [2.05, 4.69) is 11.9 Å². The zero-order valence-corrected chi connectivity index (χ0v) is 8.30. The molecule has 0 unspecified atom stereocenters. The molecular formula is C9H10N2OS. The van der Waals surface area contributed by atoms with Crippen LogP contribution in [0.15, 0.2) is 18.3 Å². The Morgan fingerprint density at radius 2 is 2.23 bits per heavy atom. The lowest BCUT2D eigenvalue weighted by molar-refractivity contribution is 0.456. The van der Waals surface area contributed by atoms with Gasteiger partial charge in [0.1, 0.15) is 0 Å². The minimum Gasteiger partial charge on any atom is -0.492 e. The average Bonchev–Trinajstić information content (AvgIpc) is 2.58. The topological polar surface area (TPSA) is 38.1 Å². The first-order chi connectivity index (χ1) is 6.16. The smallest absolute Gasteiger partial charge is 0.229 e. The van der Waals surface area contributed by atoms with Crippen molar-refractivity contribution in [3.8, 4) is 16.6 Å². The highest BCUT2D eigenvalue weighted by Crippen LogP contribution is 2.27. The number of aryl methyl sites for hydroxylation is 2. The molecular weight excluding hydrogens is 184 g/mol. The summed E-state index contributed by atoms with van der Waals surface area (Å²) in [7, 11) is 1.87. The lowest BCUT2D eigenvalue weighted by atomic mass is 10.4. The summed E-state index contributed by atoms with van der Waals surface area (Å²) in [6.07, 6.45) is 1.60. The van der Waals surface area contributed by atoms with Gasteiger partial charge in [0.2, 0.25) is 5.88 Å². The SMILES string of the molecule is Cc1ccc(-c2nc(O)cn2C)s1. The maximum Gasteiger partial charge on any atom is 0.229 e. The Labute approximate surface area is 80.3 Å². The molecule has 2 rings (SSSR count). The summed E-state index contributed by atoms with van der Waals surface area (Å²) in [6.45, 7) is 2.05. The third-order valence-corrected chi connectivity index (χ3v) is 2.82. The second-order valence-corrected chi connectivity index (χ2v) is 4.23. The van der Waals surface area contributed by atoms with Crippen molar-refractivity contribution < 1.29 is 5.11 Å². The molecule has 0 saturated heterocycles. The number of imidazole rings is 1. The third kappa shape index (κ3) is 1.45. The first kappa shape index (κ1) is 8.31. The normalized spacial score (nSPS) is 10.6. The van der Waals surface area contributed by atoms with Gasteiger partial charge in [-0.3, -0.25) is 0 Å². The molecule has 0 aliphatic rings. The Hall–Kier alpha value is -1.29. The highest BCUT2D eigenvalue weighted by molar-refractivity contribution is 7.15. The number of aromatic nitrogens is 2. The van der Waals surface area contributed by atoms with Gasteiger partial charge in [0.25, 0.3) is 0 Å². The summed E-state index contributed by atoms with van der Waals surface area (Å²) in [6, 6.07) is 4.06. The van der Waals surface area contributed by atoms with Crippen LogP contribution in [0, 0.1) is 6.92 Å². The van der Waals surface area contributed by atoms with Gasteiger partial charge in [-0.05, 0) is 19.1 Å². The fourth-order valence-corrected chi connectivity index (χ4v) is 2.13. The van der Waals surface area contributed by atoms with Gasteiger partial charge in [-0.1, -0.05) is 0 Å². The van der Waals surface area contributed by atoms with Crippen molar-refractivity contribution in [2.45, 2.75) is 6.92 Å². The summed E-state index contributed by atoms with van der Waals surface area (Å²) >= 11 is 1.67. The molecule has 68 valence electrons. The Morgan fingerprint density at radius 1 is 1.46 bits per heavy atom. The van der Waals surface area contributed by atoms with Gasteiger partial charge >= 0.3 is 0 Å². The molecule has 4 heteroatoms. The number of aromatic hydroxyl groups is 1. The standard InChI is InChI=1S/C9H10N2OS/c1-6-3-4-7(13-6)9-10-8(12)5-11(9)2/h3-5,12H,1-2H3. The summed E-state index contributed by atoms with van der Waals surface area (Å²) in [5, 5.41) is 9.17. The van der Waals surface area contributed by atoms with E-state index < -0.39 is 0 Å². The van der Waals surface area contributed by atoms with Crippen molar-refractivity contribution in [3.05, 3.63) is 23.2 Å². The second-order valence-electron chi connectivity index (χ2n) is 2.94. The van der Waals surface area contributed by atoms with Gasteiger partial charge in [-0.2, -0.15) is 4.98 Å². The molecule has 0 atom stereocenters. The average molecular weight is 194 g/mol. The van der Waals surface area contributed by atoms with E-state index >= 15 is 0 Å². The molecule has 0 radical (unpaired) electrons. The fraction of sp³-hybridized carbons (Fsp3) is 0.222. The van der Waals surface area contributed by atoms with E-state index in [1.807, 2.05) is 23.7 Å². The maximum absolute atomic E-state index is 9.17. The molecule has 3 nitrogen and oxygen atoms in total. The maximum atomic E-state index is 9.17. The highest BCUT2D eigenvalue weighted by atomic mass is 32.1. The summed E-state index contributed by atoms with van der Waals surface area (Å²) in [5.74, 6) is 0.888. The van der Waals surface area contributed by atoms with Crippen LogP contribution in [0.1, 0.15) is 4.88 Å². The number of hydrogen-bond donors (Lipinski definition) is 1. The van der Waals surface area contributed by atoms with Gasteiger partial charge in [0.05, 0.1) is 11.1 Å². The van der Waals surface area contributed by atoms with Crippen molar-refractivity contribution in [2.24, 2.45) is 7.05 Å². The van der Waals surface area contributed by atoms with Crippen molar-refractivity contribution in [2.75, 3.05) is 0 Å². The van der Waals surface area contributed by atoms with Crippen LogP contribution in [0.2, 0.25) is 0 Å². The predicted molar refractivity (Wildman–Crippen MR) is 52.9 cm³/mol. The Kier molecular flexibility index (Phi) is 1.84. The van der Waals surface area contributed by atoms with Crippen molar-refractivity contribution in [1.82, 2.24) is 9.55 Å². The van der Waals surface area contributed by atoms with Gasteiger partial charge in [0, 0.05) is 11.9 Å². The second kappa shape index (κ2) is 2.88. The van der Waals surface area contributed by atoms with Gasteiger partial charge in [-0.25, -0.2) is 0 Å². The molecule has 0 saturated carbocycles. The third-order valence-electron chi connectivity index (χ3n) is 1.82. The van der Waals surface area contributed by atoms with Gasteiger partial charge < -0.3 is 9.67 Å². The molecule has 2 heterocycles. The predicted octanol–water partition coefficient (Wildman–Crippen LogP) is 2.16. The zero-order valence-electron chi connectivity index (χ0n) is 7.48. The number of thiophene rings is 1. The van der Waals surface area contributed by atoms with Crippen LogP contribution in [0.4, 0.5) is 0 Å². The van der Waals surface area contributed by atoms with Crippen LogP contribution in [-0.2, 0) is 7.05 Å². The molecule has 2 aromatic heterocycles. The number of nitrogens with zero attached hydrogens (tertiary/aromatic N) is 2. The number of hydrogen-bond acceptors (Lipinski definition) is 3. The van der Waals surface area contributed by atoms with Crippen molar-refractivity contribution in [3.63, 3.8) is 0 Å². The molecule has 13 heavy (non-hydrogen) atoms. The van der Waals surface area contributed by atoms with Crippen LogP contribution in [0.25, 0.3) is 10.7 Å². The molecule has 0 spiro atoms. The van der Waals surface area contributed by atoms with Gasteiger partial charge in [0.15, 0.2) is 5.82 Å².